The van der Waals surface area contributed by atoms with Crippen LogP contribution in [0.15, 0.2) is 72.0 Å². The van der Waals surface area contributed by atoms with E-state index in [0.717, 1.165) is 11.3 Å². The van der Waals surface area contributed by atoms with Crippen molar-refractivity contribution in [1.29, 1.82) is 0 Å². The zero-order valence-electron chi connectivity index (χ0n) is 13.6. The molecule has 0 radical (unpaired) electrons. The molecule has 0 saturated heterocycles. The molecule has 2 aromatic carbocycles. The number of aromatic nitrogens is 4. The van der Waals surface area contributed by atoms with Crippen molar-refractivity contribution in [2.75, 3.05) is 5.32 Å². The van der Waals surface area contributed by atoms with Crippen molar-refractivity contribution in [2.24, 2.45) is 0 Å². The van der Waals surface area contributed by atoms with Crippen LogP contribution in [0.1, 0.15) is 5.56 Å². The highest BCUT2D eigenvalue weighted by Gasteiger charge is 2.08. The molecule has 0 fully saturated rings. The zero-order chi connectivity index (χ0) is 17.9. The molecular formula is C19H14FN5O. The Bertz CT molecular complexity index is 1140. The topological polar surface area (TPSA) is 72.7 Å². The average Bonchev–Trinajstić information content (AvgIpc) is 2.65. The Morgan fingerprint density at radius 1 is 1.04 bits per heavy atom. The van der Waals surface area contributed by atoms with Crippen molar-refractivity contribution < 1.29 is 4.39 Å². The van der Waals surface area contributed by atoms with E-state index in [1.165, 1.54) is 23.2 Å². The van der Waals surface area contributed by atoms with Gasteiger partial charge in [0.15, 0.2) is 0 Å². The lowest BCUT2D eigenvalue weighted by molar-refractivity contribution is 0.636. The highest BCUT2D eigenvalue weighted by Crippen LogP contribution is 2.24. The Balaban J connectivity index is 1.65. The molecule has 4 aromatic rings. The first kappa shape index (κ1) is 15.9. The third kappa shape index (κ3) is 3.14. The van der Waals surface area contributed by atoms with Crippen molar-refractivity contribution in [3.63, 3.8) is 0 Å². The number of rotatable bonds is 4. The molecule has 4 rings (SSSR count). The van der Waals surface area contributed by atoms with Gasteiger partial charge in [-0.05, 0) is 35.9 Å². The summed E-state index contributed by atoms with van der Waals surface area (Å²) >= 11 is 0. The second-order valence-corrected chi connectivity index (χ2v) is 5.71. The van der Waals surface area contributed by atoms with Gasteiger partial charge in [-0.2, -0.15) is 0 Å². The van der Waals surface area contributed by atoms with E-state index >= 15 is 0 Å². The van der Waals surface area contributed by atoms with E-state index in [4.69, 9.17) is 0 Å². The summed E-state index contributed by atoms with van der Waals surface area (Å²) in [4.78, 5) is 23.7. The third-order valence-electron chi connectivity index (χ3n) is 3.94. The van der Waals surface area contributed by atoms with E-state index < -0.39 is 5.82 Å². The Kier molecular flexibility index (Phi) is 4.10. The van der Waals surface area contributed by atoms with Gasteiger partial charge in [-0.15, -0.1) is 0 Å². The second kappa shape index (κ2) is 6.72. The monoisotopic (exact) mass is 347 g/mol. The summed E-state index contributed by atoms with van der Waals surface area (Å²) in [6, 6.07) is 14.1. The van der Waals surface area contributed by atoms with Gasteiger partial charge in [-0.1, -0.05) is 18.2 Å². The van der Waals surface area contributed by atoms with Crippen molar-refractivity contribution >= 4 is 22.4 Å². The molecule has 6 nitrogen and oxygen atoms in total. The van der Waals surface area contributed by atoms with Crippen LogP contribution >= 0.6 is 0 Å². The number of para-hydroxylation sites is 1. The minimum Gasteiger partial charge on any atom is -0.340 e. The first-order chi connectivity index (χ1) is 12.7. The number of fused-ring (bicyclic) bond motifs is 1. The molecule has 0 saturated carbocycles. The van der Waals surface area contributed by atoms with E-state index in [-0.39, 0.29) is 11.2 Å². The molecule has 2 heterocycles. The summed E-state index contributed by atoms with van der Waals surface area (Å²) in [6.45, 7) is 0.404. The van der Waals surface area contributed by atoms with E-state index in [9.17, 15) is 9.18 Å². The zero-order valence-corrected chi connectivity index (χ0v) is 13.6. The molecule has 0 unspecified atom stereocenters. The summed E-state index contributed by atoms with van der Waals surface area (Å²) in [5.74, 6) is 0.128. The van der Waals surface area contributed by atoms with E-state index in [2.05, 4.69) is 20.3 Å². The van der Waals surface area contributed by atoms with Crippen LogP contribution in [0.2, 0.25) is 0 Å². The summed E-state index contributed by atoms with van der Waals surface area (Å²) in [6.07, 6.45) is 4.49. The van der Waals surface area contributed by atoms with Crippen LogP contribution in [0.4, 0.5) is 15.9 Å². The standard InChI is InChI=1S/C19H14FN5O/c20-16-7-2-6-15-17(16)22-12-23-18(15)24-14-5-1-4-13(10-14)11-25-9-3-8-21-19(25)26/h1-10,12H,11H2,(H,22,23,24). The van der Waals surface area contributed by atoms with Gasteiger partial charge in [0.2, 0.25) is 0 Å². The predicted octanol–water partition coefficient (Wildman–Crippen LogP) is 3.12. The number of nitrogens with zero attached hydrogens (tertiary/aromatic N) is 4. The van der Waals surface area contributed by atoms with Crippen LogP contribution in [-0.4, -0.2) is 19.5 Å². The molecule has 128 valence electrons. The van der Waals surface area contributed by atoms with Crippen molar-refractivity contribution in [3.8, 4) is 0 Å². The maximum atomic E-state index is 13.9. The fourth-order valence-electron chi connectivity index (χ4n) is 2.74. The van der Waals surface area contributed by atoms with Crippen molar-refractivity contribution in [1.82, 2.24) is 19.5 Å². The Morgan fingerprint density at radius 3 is 2.81 bits per heavy atom. The minimum atomic E-state index is -0.391. The number of halogens is 1. The molecular weight excluding hydrogens is 333 g/mol. The summed E-state index contributed by atoms with van der Waals surface area (Å²) in [5, 5.41) is 3.79. The predicted molar refractivity (Wildman–Crippen MR) is 96.8 cm³/mol. The molecule has 1 N–H and O–H groups in total. The number of benzene rings is 2. The Labute approximate surface area is 148 Å². The molecule has 0 atom stereocenters. The lowest BCUT2D eigenvalue weighted by Crippen LogP contribution is -2.21. The molecule has 0 aliphatic heterocycles. The molecule has 0 bridgehead atoms. The summed E-state index contributed by atoms with van der Waals surface area (Å²) in [5.41, 5.74) is 1.67. The number of anilines is 2. The van der Waals surface area contributed by atoms with E-state index in [0.29, 0.717) is 17.7 Å². The van der Waals surface area contributed by atoms with Crippen molar-refractivity contribution in [3.05, 3.63) is 89.1 Å². The van der Waals surface area contributed by atoms with Crippen LogP contribution in [0, 0.1) is 5.82 Å². The second-order valence-electron chi connectivity index (χ2n) is 5.71. The smallest absolute Gasteiger partial charge is 0.340 e. The van der Waals surface area contributed by atoms with E-state index in [1.54, 1.807) is 24.4 Å². The lowest BCUT2D eigenvalue weighted by Gasteiger charge is -2.10. The fraction of sp³-hybridized carbons (Fsp3) is 0.0526. The number of hydrogen-bond acceptors (Lipinski definition) is 5. The molecule has 2 aromatic heterocycles. The van der Waals surface area contributed by atoms with E-state index in [1.807, 2.05) is 24.3 Å². The molecule has 0 aliphatic carbocycles. The highest BCUT2D eigenvalue weighted by atomic mass is 19.1. The SMILES string of the molecule is O=c1ncccn1Cc1cccc(Nc2ncnc3c(F)cccc23)c1. The van der Waals surface area contributed by atoms with Crippen molar-refractivity contribution in [2.45, 2.75) is 6.54 Å². The molecule has 0 aliphatic rings. The number of nitrogens with one attached hydrogen (secondary N) is 1. The lowest BCUT2D eigenvalue weighted by atomic mass is 10.2. The van der Waals surface area contributed by atoms with Gasteiger partial charge in [-0.3, -0.25) is 4.57 Å². The highest BCUT2D eigenvalue weighted by molar-refractivity contribution is 5.90. The normalized spacial score (nSPS) is 10.8. The van der Waals surface area contributed by atoms with Crippen LogP contribution in [0.5, 0.6) is 0 Å². The number of hydrogen-bond donors (Lipinski definition) is 1. The van der Waals surface area contributed by atoms with Crippen LogP contribution in [0.25, 0.3) is 10.9 Å². The molecule has 26 heavy (non-hydrogen) atoms. The first-order valence-corrected chi connectivity index (χ1v) is 7.97. The minimum absolute atomic E-state index is 0.267. The largest absolute Gasteiger partial charge is 0.347 e. The Hall–Kier alpha value is -3.61. The molecule has 0 amide bonds. The van der Waals surface area contributed by atoms with Crippen LogP contribution < -0.4 is 11.0 Å². The third-order valence-corrected chi connectivity index (χ3v) is 3.94. The van der Waals surface area contributed by atoms with Gasteiger partial charge in [-0.25, -0.2) is 24.1 Å². The Morgan fingerprint density at radius 2 is 1.92 bits per heavy atom. The molecule has 0 spiro atoms. The van der Waals surface area contributed by atoms with Gasteiger partial charge < -0.3 is 5.32 Å². The van der Waals surface area contributed by atoms with Gasteiger partial charge in [0.1, 0.15) is 23.5 Å². The summed E-state index contributed by atoms with van der Waals surface area (Å²) < 4.78 is 15.4. The summed E-state index contributed by atoms with van der Waals surface area (Å²) in [7, 11) is 0. The fourth-order valence-corrected chi connectivity index (χ4v) is 2.74. The first-order valence-electron chi connectivity index (χ1n) is 7.97. The molecule has 7 heteroatoms. The van der Waals surface area contributed by atoms with Gasteiger partial charge in [0, 0.05) is 23.5 Å². The average molecular weight is 347 g/mol. The quantitative estimate of drug-likeness (QED) is 0.614. The van der Waals surface area contributed by atoms with Crippen LogP contribution in [0.3, 0.4) is 0 Å². The van der Waals surface area contributed by atoms with Gasteiger partial charge in [0.05, 0.1) is 6.54 Å². The van der Waals surface area contributed by atoms with Crippen LogP contribution in [-0.2, 0) is 6.54 Å². The maximum Gasteiger partial charge on any atom is 0.347 e. The van der Waals surface area contributed by atoms with Gasteiger partial charge in [0.25, 0.3) is 0 Å². The van der Waals surface area contributed by atoms with Gasteiger partial charge >= 0.3 is 5.69 Å². The maximum absolute atomic E-state index is 13.9.